The van der Waals surface area contributed by atoms with Gasteiger partial charge in [-0.15, -0.1) is 0 Å². The summed E-state index contributed by atoms with van der Waals surface area (Å²) in [7, 11) is 0. The minimum atomic E-state index is 0.437. The summed E-state index contributed by atoms with van der Waals surface area (Å²) >= 11 is 0. The molecule has 0 radical (unpaired) electrons. The highest BCUT2D eigenvalue weighted by Crippen LogP contribution is 2.29. The molecule has 29 heavy (non-hydrogen) atoms. The summed E-state index contributed by atoms with van der Waals surface area (Å²) in [6.45, 7) is 2.09. The lowest BCUT2D eigenvalue weighted by Crippen LogP contribution is -2.17. The van der Waals surface area contributed by atoms with Gasteiger partial charge in [-0.3, -0.25) is 0 Å². The first-order valence-electron chi connectivity index (χ1n) is 10.2. The van der Waals surface area contributed by atoms with Crippen LogP contribution in [0.2, 0.25) is 0 Å². The molecule has 0 amide bonds. The Bertz CT molecular complexity index is 1130. The molecule has 5 rings (SSSR count). The number of fused-ring (bicyclic) bond motifs is 1. The Balaban J connectivity index is 1.62. The SMILES string of the molecule is Cc1ccccc1Nc1nc(NC2CCCC2)nc2c1cnn2-c1ccccc1. The molecule has 6 heteroatoms. The van der Waals surface area contributed by atoms with Crippen molar-refractivity contribution in [3.8, 4) is 5.69 Å². The van der Waals surface area contributed by atoms with Gasteiger partial charge in [0.25, 0.3) is 0 Å². The molecule has 146 valence electrons. The predicted octanol–water partition coefficient (Wildman–Crippen LogP) is 5.22. The van der Waals surface area contributed by atoms with Gasteiger partial charge in [0.2, 0.25) is 5.95 Å². The maximum absolute atomic E-state index is 4.84. The number of hydrogen-bond donors (Lipinski definition) is 2. The summed E-state index contributed by atoms with van der Waals surface area (Å²) in [6, 6.07) is 18.7. The Kier molecular flexibility index (Phi) is 4.60. The number of nitrogens with one attached hydrogen (secondary N) is 2. The van der Waals surface area contributed by atoms with Crippen LogP contribution in [0.4, 0.5) is 17.5 Å². The Labute approximate surface area is 170 Å². The summed E-state index contributed by atoms with van der Waals surface area (Å²) in [5.74, 6) is 1.42. The number of aryl methyl sites for hydroxylation is 1. The van der Waals surface area contributed by atoms with E-state index in [0.29, 0.717) is 12.0 Å². The lowest BCUT2D eigenvalue weighted by Gasteiger charge is -2.15. The number of rotatable bonds is 5. The number of nitrogens with zero attached hydrogens (tertiary/aromatic N) is 4. The molecule has 0 aliphatic heterocycles. The van der Waals surface area contributed by atoms with Crippen molar-refractivity contribution >= 4 is 28.5 Å². The molecule has 6 nitrogen and oxygen atoms in total. The van der Waals surface area contributed by atoms with Gasteiger partial charge in [-0.1, -0.05) is 49.2 Å². The standard InChI is InChI=1S/C23H24N6/c1-16-9-5-8-14-20(16)26-21-19-15-24-29(18-12-3-2-4-13-18)22(19)28-23(27-21)25-17-10-6-7-11-17/h2-5,8-9,12-15,17H,6-7,10-11H2,1H3,(H2,25,26,27,28). The van der Waals surface area contributed by atoms with Crippen molar-refractivity contribution in [2.75, 3.05) is 10.6 Å². The third-order valence-electron chi connectivity index (χ3n) is 5.52. The van der Waals surface area contributed by atoms with Gasteiger partial charge in [-0.25, -0.2) is 4.68 Å². The van der Waals surface area contributed by atoms with E-state index in [0.717, 1.165) is 28.2 Å². The van der Waals surface area contributed by atoms with Crippen LogP contribution >= 0.6 is 0 Å². The van der Waals surface area contributed by atoms with Crippen LogP contribution in [-0.2, 0) is 0 Å². The lowest BCUT2D eigenvalue weighted by molar-refractivity contribution is 0.744. The molecule has 1 aliphatic carbocycles. The van der Waals surface area contributed by atoms with E-state index in [1.807, 2.05) is 53.3 Å². The number of benzene rings is 2. The Morgan fingerprint density at radius 3 is 2.48 bits per heavy atom. The molecule has 0 bridgehead atoms. The maximum Gasteiger partial charge on any atom is 0.226 e. The normalized spacial score (nSPS) is 14.4. The summed E-state index contributed by atoms with van der Waals surface area (Å²) in [6.07, 6.45) is 6.69. The number of hydrogen-bond acceptors (Lipinski definition) is 5. The van der Waals surface area contributed by atoms with Crippen LogP contribution in [0.3, 0.4) is 0 Å². The Hall–Kier alpha value is -3.41. The zero-order valence-corrected chi connectivity index (χ0v) is 16.5. The van der Waals surface area contributed by atoms with Crippen LogP contribution in [-0.4, -0.2) is 25.8 Å². The van der Waals surface area contributed by atoms with Crippen molar-refractivity contribution < 1.29 is 0 Å². The van der Waals surface area contributed by atoms with Gasteiger partial charge < -0.3 is 10.6 Å². The Morgan fingerprint density at radius 2 is 1.69 bits per heavy atom. The van der Waals surface area contributed by atoms with E-state index in [9.17, 15) is 0 Å². The molecule has 4 aromatic rings. The van der Waals surface area contributed by atoms with Crippen molar-refractivity contribution in [2.45, 2.75) is 38.6 Å². The molecule has 2 aromatic heterocycles. The third kappa shape index (κ3) is 3.53. The molecule has 2 heterocycles. The molecular weight excluding hydrogens is 360 g/mol. The molecule has 2 N–H and O–H groups in total. The first-order valence-corrected chi connectivity index (χ1v) is 10.2. The fourth-order valence-electron chi connectivity index (χ4n) is 3.92. The number of anilines is 3. The highest BCUT2D eigenvalue weighted by atomic mass is 15.3. The minimum Gasteiger partial charge on any atom is -0.351 e. The maximum atomic E-state index is 4.84. The van der Waals surface area contributed by atoms with Crippen LogP contribution in [0.1, 0.15) is 31.2 Å². The van der Waals surface area contributed by atoms with Gasteiger partial charge >= 0.3 is 0 Å². The van der Waals surface area contributed by atoms with Crippen LogP contribution in [0, 0.1) is 6.92 Å². The second kappa shape index (κ2) is 7.54. The van der Waals surface area contributed by atoms with Crippen LogP contribution in [0.5, 0.6) is 0 Å². The van der Waals surface area contributed by atoms with E-state index in [2.05, 4.69) is 34.8 Å². The van der Waals surface area contributed by atoms with Crippen LogP contribution < -0.4 is 10.6 Å². The van der Waals surface area contributed by atoms with E-state index in [-0.39, 0.29) is 0 Å². The van der Waals surface area contributed by atoms with Crippen LogP contribution in [0.15, 0.2) is 60.8 Å². The monoisotopic (exact) mass is 384 g/mol. The van der Waals surface area contributed by atoms with Gasteiger partial charge in [-0.05, 0) is 43.5 Å². The predicted molar refractivity (Wildman–Crippen MR) is 117 cm³/mol. The lowest BCUT2D eigenvalue weighted by atomic mass is 10.2. The topological polar surface area (TPSA) is 67.7 Å². The average molecular weight is 384 g/mol. The van der Waals surface area contributed by atoms with Gasteiger partial charge in [-0.2, -0.15) is 15.1 Å². The second-order valence-electron chi connectivity index (χ2n) is 7.59. The fraction of sp³-hybridized carbons (Fsp3) is 0.261. The van der Waals surface area contributed by atoms with Gasteiger partial charge in [0.15, 0.2) is 5.65 Å². The molecule has 0 unspecified atom stereocenters. The van der Waals surface area contributed by atoms with E-state index in [4.69, 9.17) is 9.97 Å². The van der Waals surface area contributed by atoms with E-state index < -0.39 is 0 Å². The van der Waals surface area contributed by atoms with Crippen molar-refractivity contribution in [2.24, 2.45) is 0 Å². The molecule has 1 saturated carbocycles. The first kappa shape index (κ1) is 17.7. The summed E-state index contributed by atoms with van der Waals surface area (Å²) in [5.41, 5.74) is 3.98. The minimum absolute atomic E-state index is 0.437. The zero-order valence-electron chi connectivity index (χ0n) is 16.5. The summed E-state index contributed by atoms with van der Waals surface area (Å²) in [4.78, 5) is 9.66. The van der Waals surface area contributed by atoms with E-state index in [1.54, 1.807) is 0 Å². The molecule has 1 aliphatic rings. The van der Waals surface area contributed by atoms with Gasteiger partial charge in [0, 0.05) is 11.7 Å². The Morgan fingerprint density at radius 1 is 0.931 bits per heavy atom. The highest BCUT2D eigenvalue weighted by Gasteiger charge is 2.19. The molecule has 0 saturated heterocycles. The fourth-order valence-corrected chi connectivity index (χ4v) is 3.92. The van der Waals surface area contributed by atoms with Crippen molar-refractivity contribution in [3.05, 3.63) is 66.4 Å². The van der Waals surface area contributed by atoms with Gasteiger partial charge in [0.05, 0.1) is 17.3 Å². The third-order valence-corrected chi connectivity index (χ3v) is 5.52. The molecular formula is C23H24N6. The number of aromatic nitrogens is 4. The van der Waals surface area contributed by atoms with Crippen LogP contribution in [0.25, 0.3) is 16.7 Å². The average Bonchev–Trinajstić information content (AvgIpc) is 3.40. The summed E-state index contributed by atoms with van der Waals surface area (Å²) in [5, 5.41) is 12.5. The van der Waals surface area contributed by atoms with Crippen molar-refractivity contribution in [1.82, 2.24) is 19.7 Å². The van der Waals surface area contributed by atoms with E-state index in [1.165, 1.54) is 31.2 Å². The quantitative estimate of drug-likeness (QED) is 0.494. The van der Waals surface area contributed by atoms with Crippen molar-refractivity contribution in [3.63, 3.8) is 0 Å². The molecule has 2 aromatic carbocycles. The molecule has 1 fully saturated rings. The largest absolute Gasteiger partial charge is 0.351 e. The smallest absolute Gasteiger partial charge is 0.226 e. The van der Waals surface area contributed by atoms with Crippen molar-refractivity contribution in [1.29, 1.82) is 0 Å². The summed E-state index contributed by atoms with van der Waals surface area (Å²) < 4.78 is 1.87. The second-order valence-corrected chi connectivity index (χ2v) is 7.59. The van der Waals surface area contributed by atoms with Gasteiger partial charge in [0.1, 0.15) is 5.82 Å². The highest BCUT2D eigenvalue weighted by molar-refractivity contribution is 5.90. The zero-order chi connectivity index (χ0) is 19.6. The number of para-hydroxylation sites is 2. The first-order chi connectivity index (χ1) is 14.3. The molecule has 0 spiro atoms. The van der Waals surface area contributed by atoms with E-state index >= 15 is 0 Å². The molecule has 0 atom stereocenters.